The van der Waals surface area contributed by atoms with Gasteiger partial charge in [0.25, 0.3) is 0 Å². The van der Waals surface area contributed by atoms with E-state index in [0.717, 1.165) is 6.42 Å². The van der Waals surface area contributed by atoms with Crippen LogP contribution in [-0.2, 0) is 14.3 Å². The maximum Gasteiger partial charge on any atom is 0.328 e. The van der Waals surface area contributed by atoms with Crippen molar-refractivity contribution < 1.29 is 24.2 Å². The van der Waals surface area contributed by atoms with Crippen LogP contribution in [0.15, 0.2) is 0 Å². The molecule has 2 heterocycles. The summed E-state index contributed by atoms with van der Waals surface area (Å²) in [6, 6.07) is -2.11. The molecule has 2 atom stereocenters. The van der Waals surface area contributed by atoms with Crippen LogP contribution in [0, 0.1) is 0 Å². The summed E-state index contributed by atoms with van der Waals surface area (Å²) in [5.41, 5.74) is 0. The van der Waals surface area contributed by atoms with Gasteiger partial charge < -0.3 is 25.4 Å². The molecule has 3 amide bonds. The molecule has 2 unspecified atom stereocenters. The lowest BCUT2D eigenvalue weighted by atomic mass is 10.1. The van der Waals surface area contributed by atoms with E-state index in [2.05, 4.69) is 10.6 Å². The van der Waals surface area contributed by atoms with Gasteiger partial charge in [-0.3, -0.25) is 4.79 Å². The number of hydrogen-bond donors (Lipinski definition) is 3. The molecule has 3 N–H and O–H groups in total. The fourth-order valence-electron chi connectivity index (χ4n) is 2.19. The standard InChI is InChI=1S/C11H17N3O5/c15-9-7(2-1-3-12-9)13-11(18)14-4-5-19-6-8(14)10(16)17/h7-8H,1-6H2,(H,12,15)(H,13,18)(H,16,17). The highest BCUT2D eigenvalue weighted by Crippen LogP contribution is 2.09. The molecule has 2 rings (SSSR count). The van der Waals surface area contributed by atoms with Gasteiger partial charge >= 0.3 is 12.0 Å². The van der Waals surface area contributed by atoms with E-state index in [0.29, 0.717) is 19.6 Å². The van der Waals surface area contributed by atoms with Crippen molar-refractivity contribution in [1.82, 2.24) is 15.5 Å². The first-order chi connectivity index (χ1) is 9.09. The molecular formula is C11H17N3O5. The van der Waals surface area contributed by atoms with E-state index in [1.165, 1.54) is 4.90 Å². The Morgan fingerprint density at radius 3 is 2.95 bits per heavy atom. The molecule has 0 bridgehead atoms. The number of urea groups is 1. The number of carboxylic acids is 1. The van der Waals surface area contributed by atoms with Gasteiger partial charge in [0, 0.05) is 13.1 Å². The van der Waals surface area contributed by atoms with Crippen molar-refractivity contribution in [2.24, 2.45) is 0 Å². The molecule has 106 valence electrons. The SMILES string of the molecule is O=C1NCCCC1NC(=O)N1CCOCC1C(=O)O. The van der Waals surface area contributed by atoms with E-state index in [1.54, 1.807) is 0 Å². The molecular weight excluding hydrogens is 254 g/mol. The molecule has 0 spiro atoms. The Bertz CT molecular complexity index is 387. The van der Waals surface area contributed by atoms with Crippen LogP contribution in [0.25, 0.3) is 0 Å². The number of rotatable bonds is 2. The van der Waals surface area contributed by atoms with Crippen LogP contribution >= 0.6 is 0 Å². The number of ether oxygens (including phenoxy) is 1. The fraction of sp³-hybridized carbons (Fsp3) is 0.727. The predicted molar refractivity (Wildman–Crippen MR) is 63.5 cm³/mol. The lowest BCUT2D eigenvalue weighted by Gasteiger charge is -2.34. The minimum atomic E-state index is -1.11. The Morgan fingerprint density at radius 2 is 2.26 bits per heavy atom. The maximum atomic E-state index is 12.0. The van der Waals surface area contributed by atoms with Crippen LogP contribution in [0.2, 0.25) is 0 Å². The summed E-state index contributed by atoms with van der Waals surface area (Å²) in [7, 11) is 0. The van der Waals surface area contributed by atoms with E-state index in [1.807, 2.05) is 0 Å². The quantitative estimate of drug-likeness (QED) is 0.582. The average molecular weight is 271 g/mol. The minimum Gasteiger partial charge on any atom is -0.480 e. The van der Waals surface area contributed by atoms with Crippen LogP contribution in [0.3, 0.4) is 0 Å². The van der Waals surface area contributed by atoms with Crippen molar-refractivity contribution in [2.75, 3.05) is 26.3 Å². The predicted octanol–water partition coefficient (Wildman–Crippen LogP) is -1.24. The molecule has 8 nitrogen and oxygen atoms in total. The van der Waals surface area contributed by atoms with Crippen molar-refractivity contribution in [3.8, 4) is 0 Å². The molecule has 0 aromatic carbocycles. The Morgan fingerprint density at radius 1 is 1.47 bits per heavy atom. The molecule has 2 aliphatic rings. The van der Waals surface area contributed by atoms with Crippen molar-refractivity contribution in [1.29, 1.82) is 0 Å². The van der Waals surface area contributed by atoms with Crippen LogP contribution < -0.4 is 10.6 Å². The second-order valence-corrected chi connectivity index (χ2v) is 4.56. The number of carbonyl (C=O) groups is 3. The highest BCUT2D eigenvalue weighted by molar-refractivity contribution is 5.89. The highest BCUT2D eigenvalue weighted by Gasteiger charge is 2.34. The molecule has 0 aliphatic carbocycles. The zero-order valence-corrected chi connectivity index (χ0v) is 10.4. The average Bonchev–Trinajstić information content (AvgIpc) is 2.41. The summed E-state index contributed by atoms with van der Waals surface area (Å²) in [6.07, 6.45) is 1.36. The monoisotopic (exact) mass is 271 g/mol. The van der Waals surface area contributed by atoms with E-state index in [-0.39, 0.29) is 19.1 Å². The first kappa shape index (κ1) is 13.6. The molecule has 2 saturated heterocycles. The highest BCUT2D eigenvalue weighted by atomic mass is 16.5. The van der Waals surface area contributed by atoms with Gasteiger partial charge in [-0.1, -0.05) is 0 Å². The lowest BCUT2D eigenvalue weighted by Crippen LogP contribution is -2.59. The molecule has 0 aromatic heterocycles. The third-order valence-corrected chi connectivity index (χ3v) is 3.26. The number of morpholine rings is 1. The van der Waals surface area contributed by atoms with Gasteiger partial charge in [-0.25, -0.2) is 9.59 Å². The number of aliphatic carboxylic acids is 1. The van der Waals surface area contributed by atoms with Gasteiger partial charge in [-0.2, -0.15) is 0 Å². The minimum absolute atomic E-state index is 0.0282. The van der Waals surface area contributed by atoms with Crippen LogP contribution in [-0.4, -0.2) is 66.3 Å². The van der Waals surface area contributed by atoms with Gasteiger partial charge in [0.2, 0.25) is 5.91 Å². The van der Waals surface area contributed by atoms with Crippen molar-refractivity contribution >= 4 is 17.9 Å². The second kappa shape index (κ2) is 5.87. The number of nitrogens with zero attached hydrogens (tertiary/aromatic N) is 1. The summed E-state index contributed by atoms with van der Waals surface area (Å²) in [5.74, 6) is -1.33. The van der Waals surface area contributed by atoms with E-state index in [4.69, 9.17) is 9.84 Å². The zero-order chi connectivity index (χ0) is 13.8. The first-order valence-corrected chi connectivity index (χ1v) is 6.25. The van der Waals surface area contributed by atoms with Gasteiger partial charge in [-0.15, -0.1) is 0 Å². The van der Waals surface area contributed by atoms with Crippen LogP contribution in [0.4, 0.5) is 4.79 Å². The number of piperidine rings is 1. The molecule has 2 aliphatic heterocycles. The maximum absolute atomic E-state index is 12.0. The summed E-state index contributed by atoms with van der Waals surface area (Å²) >= 11 is 0. The molecule has 0 radical (unpaired) electrons. The molecule has 0 aromatic rings. The van der Waals surface area contributed by atoms with Gasteiger partial charge in [0.05, 0.1) is 13.2 Å². The van der Waals surface area contributed by atoms with Crippen LogP contribution in [0.1, 0.15) is 12.8 Å². The number of amides is 3. The normalized spacial score (nSPS) is 27.6. The van der Waals surface area contributed by atoms with Crippen molar-refractivity contribution in [3.05, 3.63) is 0 Å². The molecule has 2 fully saturated rings. The largest absolute Gasteiger partial charge is 0.480 e. The van der Waals surface area contributed by atoms with Crippen LogP contribution in [0.5, 0.6) is 0 Å². The summed E-state index contributed by atoms with van der Waals surface area (Å²) in [4.78, 5) is 35.8. The van der Waals surface area contributed by atoms with Gasteiger partial charge in [-0.05, 0) is 12.8 Å². The summed E-state index contributed by atoms with van der Waals surface area (Å²) < 4.78 is 5.05. The van der Waals surface area contributed by atoms with Crippen molar-refractivity contribution in [2.45, 2.75) is 24.9 Å². The van der Waals surface area contributed by atoms with Crippen molar-refractivity contribution in [3.63, 3.8) is 0 Å². The second-order valence-electron chi connectivity index (χ2n) is 4.56. The van der Waals surface area contributed by atoms with Gasteiger partial charge in [0.1, 0.15) is 6.04 Å². The third kappa shape index (κ3) is 3.14. The van der Waals surface area contributed by atoms with E-state index in [9.17, 15) is 14.4 Å². The zero-order valence-electron chi connectivity index (χ0n) is 10.4. The van der Waals surface area contributed by atoms with Gasteiger partial charge in [0.15, 0.2) is 6.04 Å². The first-order valence-electron chi connectivity index (χ1n) is 6.25. The summed E-state index contributed by atoms with van der Waals surface area (Å²) in [6.45, 7) is 1.09. The topological polar surface area (TPSA) is 108 Å². The number of carbonyl (C=O) groups excluding carboxylic acids is 2. The Balaban J connectivity index is 1.97. The molecule has 8 heteroatoms. The van der Waals surface area contributed by atoms with E-state index < -0.39 is 24.1 Å². The molecule has 0 saturated carbocycles. The number of hydrogen-bond acceptors (Lipinski definition) is 4. The smallest absolute Gasteiger partial charge is 0.328 e. The molecule has 19 heavy (non-hydrogen) atoms. The summed E-state index contributed by atoms with van der Waals surface area (Å²) in [5, 5.41) is 14.3. The Kier molecular flexibility index (Phi) is 4.20. The number of nitrogens with one attached hydrogen (secondary N) is 2. The number of carboxylic acid groups (broad SMARTS) is 1. The Labute approximate surface area is 110 Å². The third-order valence-electron chi connectivity index (χ3n) is 3.26. The Hall–Kier alpha value is -1.83. The lowest BCUT2D eigenvalue weighted by molar-refractivity contribution is -0.147. The fourth-order valence-corrected chi connectivity index (χ4v) is 2.19. The van der Waals surface area contributed by atoms with E-state index >= 15 is 0 Å².